The summed E-state index contributed by atoms with van der Waals surface area (Å²) >= 11 is 0. The van der Waals surface area contributed by atoms with Crippen LogP contribution in [0.15, 0.2) is 0 Å². The van der Waals surface area contributed by atoms with E-state index in [4.69, 9.17) is 9.11 Å². The number of nitrogens with zero attached hydrogens (tertiary/aromatic N) is 2. The summed E-state index contributed by atoms with van der Waals surface area (Å²) in [7, 11) is -9.17. The first-order valence-electron chi connectivity index (χ1n) is 17.7. The molecule has 14 heteroatoms. The highest BCUT2D eigenvalue weighted by atomic mass is 32.3. The lowest BCUT2D eigenvalue weighted by Crippen LogP contribution is -2.42. The van der Waals surface area contributed by atoms with Crippen molar-refractivity contribution < 1.29 is 43.9 Å². The van der Waals surface area contributed by atoms with Crippen molar-refractivity contribution in [1.82, 2.24) is 9.80 Å². The summed E-state index contributed by atoms with van der Waals surface area (Å²) in [6.45, 7) is 4.63. The van der Waals surface area contributed by atoms with Gasteiger partial charge in [-0.25, -0.2) is 8.37 Å². The van der Waals surface area contributed by atoms with Crippen molar-refractivity contribution in [2.45, 2.75) is 155 Å². The number of unbranched alkanes of at least 4 members (excludes halogenated alkanes) is 16. The highest BCUT2D eigenvalue weighted by Gasteiger charge is 2.19. The number of hydrogen-bond acceptors (Lipinski definition) is 8. The summed E-state index contributed by atoms with van der Waals surface area (Å²) in [5.74, 6) is -0.202. The van der Waals surface area contributed by atoms with E-state index in [1.54, 1.807) is 9.80 Å². The summed E-state index contributed by atoms with van der Waals surface area (Å²) in [5.41, 5.74) is 0. The zero-order valence-electron chi connectivity index (χ0n) is 28.7. The number of hydrogen-bond donors (Lipinski definition) is 2. The van der Waals surface area contributed by atoms with Crippen LogP contribution >= 0.6 is 0 Å². The van der Waals surface area contributed by atoms with Gasteiger partial charge in [0.05, 0.1) is 13.2 Å². The molecule has 0 unspecified atom stereocenters. The van der Waals surface area contributed by atoms with Gasteiger partial charge >= 0.3 is 20.8 Å². The Bertz CT molecular complexity index is 899. The van der Waals surface area contributed by atoms with Crippen LogP contribution in [0.25, 0.3) is 0 Å². The molecule has 12 nitrogen and oxygen atoms in total. The molecular formula is C32H64N2O10S2. The van der Waals surface area contributed by atoms with Crippen LogP contribution in [-0.4, -0.2) is 86.9 Å². The van der Waals surface area contributed by atoms with E-state index in [0.717, 1.165) is 51.4 Å². The molecule has 0 spiro atoms. The van der Waals surface area contributed by atoms with Crippen molar-refractivity contribution in [3.63, 3.8) is 0 Å². The van der Waals surface area contributed by atoms with E-state index in [9.17, 15) is 26.4 Å². The van der Waals surface area contributed by atoms with Gasteiger partial charge in [0.1, 0.15) is 0 Å². The normalized spacial score (nSPS) is 12.0. The molecule has 0 saturated heterocycles. The maximum Gasteiger partial charge on any atom is 0.397 e. The van der Waals surface area contributed by atoms with Gasteiger partial charge in [-0.05, 0) is 25.7 Å². The number of carbonyl (C=O) groups is 2. The smallest absolute Gasteiger partial charge is 0.341 e. The Morgan fingerprint density at radius 1 is 0.457 bits per heavy atom. The van der Waals surface area contributed by atoms with Crippen molar-refractivity contribution in [2.24, 2.45) is 0 Å². The average Bonchev–Trinajstić information content (AvgIpc) is 2.98. The second kappa shape index (κ2) is 28.7. The zero-order chi connectivity index (χ0) is 34.5. The van der Waals surface area contributed by atoms with Crippen molar-refractivity contribution in [1.29, 1.82) is 0 Å². The molecule has 0 heterocycles. The lowest BCUT2D eigenvalue weighted by Gasteiger charge is -2.28. The Kier molecular flexibility index (Phi) is 27.8. The number of amides is 2. The first kappa shape index (κ1) is 44.7. The van der Waals surface area contributed by atoms with Gasteiger partial charge < -0.3 is 9.80 Å². The van der Waals surface area contributed by atoms with Crippen molar-refractivity contribution in [2.75, 3.05) is 39.4 Å². The maximum atomic E-state index is 13.1. The van der Waals surface area contributed by atoms with Crippen molar-refractivity contribution in [3.05, 3.63) is 0 Å². The summed E-state index contributed by atoms with van der Waals surface area (Å²) in [6, 6.07) is 0. The standard InChI is InChI=1S/C32H64N2O10S2/c1-3-5-7-9-11-13-15-17-19-23-31(35)33(25-21-29-43-45(37,38)39)27-28-34(26-22-30-44-46(40,41)42)32(36)24-20-18-16-14-12-10-8-6-4-2/h3-30H2,1-2H3,(H,37,38,39)(H,40,41,42). The third-order valence-electron chi connectivity index (χ3n) is 7.94. The molecule has 0 aliphatic rings. The minimum atomic E-state index is -4.58. The van der Waals surface area contributed by atoms with E-state index >= 15 is 0 Å². The molecule has 0 saturated carbocycles. The van der Waals surface area contributed by atoms with E-state index in [-0.39, 0.29) is 64.0 Å². The Morgan fingerprint density at radius 2 is 0.739 bits per heavy atom. The molecule has 274 valence electrons. The molecular weight excluding hydrogens is 636 g/mol. The fraction of sp³-hybridized carbons (Fsp3) is 0.938. The van der Waals surface area contributed by atoms with E-state index in [2.05, 4.69) is 22.2 Å². The van der Waals surface area contributed by atoms with Gasteiger partial charge in [0.25, 0.3) is 0 Å². The van der Waals surface area contributed by atoms with Gasteiger partial charge in [-0.2, -0.15) is 16.8 Å². The monoisotopic (exact) mass is 700 g/mol. The molecule has 2 N–H and O–H groups in total. The molecule has 2 amide bonds. The predicted molar refractivity (Wildman–Crippen MR) is 181 cm³/mol. The van der Waals surface area contributed by atoms with Crippen LogP contribution in [0.4, 0.5) is 0 Å². The molecule has 0 rings (SSSR count). The van der Waals surface area contributed by atoms with Crippen LogP contribution in [0.2, 0.25) is 0 Å². The molecule has 0 aromatic carbocycles. The van der Waals surface area contributed by atoms with Gasteiger partial charge in [-0.15, -0.1) is 0 Å². The maximum absolute atomic E-state index is 13.1. The molecule has 0 aromatic rings. The molecule has 46 heavy (non-hydrogen) atoms. The molecule has 0 bridgehead atoms. The van der Waals surface area contributed by atoms with Gasteiger partial charge in [-0.3, -0.25) is 18.7 Å². The number of carbonyl (C=O) groups excluding carboxylic acids is 2. The SMILES string of the molecule is CCCCCCCCCCCC(=O)N(CCCOS(=O)(=O)O)CCN(CCCOS(=O)(=O)O)C(=O)CCCCCCCCCCC. The van der Waals surface area contributed by atoms with Gasteiger partial charge in [-0.1, -0.05) is 117 Å². The van der Waals surface area contributed by atoms with E-state index in [0.29, 0.717) is 12.8 Å². The minimum Gasteiger partial charge on any atom is -0.341 e. The van der Waals surface area contributed by atoms with E-state index < -0.39 is 20.8 Å². The topological polar surface area (TPSA) is 168 Å². The Hall–Kier alpha value is -1.32. The van der Waals surface area contributed by atoms with Crippen LogP contribution in [0, 0.1) is 0 Å². The molecule has 0 radical (unpaired) electrons. The Labute approximate surface area is 280 Å². The van der Waals surface area contributed by atoms with Crippen LogP contribution < -0.4 is 0 Å². The first-order chi connectivity index (χ1) is 21.9. The average molecular weight is 701 g/mol. The van der Waals surface area contributed by atoms with Gasteiger partial charge in [0.15, 0.2) is 0 Å². The van der Waals surface area contributed by atoms with Crippen LogP contribution in [0.5, 0.6) is 0 Å². The second-order valence-corrected chi connectivity index (χ2v) is 14.3. The summed E-state index contributed by atoms with van der Waals surface area (Å²) < 4.78 is 70.3. The first-order valence-corrected chi connectivity index (χ1v) is 20.4. The van der Waals surface area contributed by atoms with E-state index in [1.807, 2.05) is 0 Å². The predicted octanol–water partition coefficient (Wildman–Crippen LogP) is 6.90. The Balaban J connectivity index is 5.01. The number of rotatable bonds is 33. The fourth-order valence-electron chi connectivity index (χ4n) is 5.29. The summed E-state index contributed by atoms with van der Waals surface area (Å²) in [4.78, 5) is 29.5. The molecule has 0 aromatic heterocycles. The lowest BCUT2D eigenvalue weighted by atomic mass is 10.1. The van der Waals surface area contributed by atoms with Crippen LogP contribution in [-0.2, 0) is 38.8 Å². The van der Waals surface area contributed by atoms with Crippen molar-refractivity contribution in [3.8, 4) is 0 Å². The summed E-state index contributed by atoms with van der Waals surface area (Å²) in [5, 5.41) is 0. The highest BCUT2D eigenvalue weighted by molar-refractivity contribution is 7.81. The highest BCUT2D eigenvalue weighted by Crippen LogP contribution is 2.14. The molecule has 0 aliphatic carbocycles. The second-order valence-electron chi connectivity index (χ2n) is 12.1. The van der Waals surface area contributed by atoms with Gasteiger partial charge in [0.2, 0.25) is 11.8 Å². The molecule has 0 fully saturated rings. The van der Waals surface area contributed by atoms with Crippen molar-refractivity contribution >= 4 is 32.6 Å². The molecule has 0 aliphatic heterocycles. The quantitative estimate of drug-likeness (QED) is 0.0542. The zero-order valence-corrected chi connectivity index (χ0v) is 30.3. The van der Waals surface area contributed by atoms with Crippen LogP contribution in [0.1, 0.15) is 155 Å². The third-order valence-corrected chi connectivity index (χ3v) is 8.87. The van der Waals surface area contributed by atoms with E-state index in [1.165, 1.54) is 64.2 Å². The van der Waals surface area contributed by atoms with Gasteiger partial charge in [0, 0.05) is 39.0 Å². The minimum absolute atomic E-state index is 0.101. The Morgan fingerprint density at radius 3 is 1.02 bits per heavy atom. The summed E-state index contributed by atoms with van der Waals surface area (Å²) in [6.07, 6.45) is 21.2. The molecule has 0 atom stereocenters. The third kappa shape index (κ3) is 30.0. The van der Waals surface area contributed by atoms with Crippen LogP contribution in [0.3, 0.4) is 0 Å². The lowest BCUT2D eigenvalue weighted by molar-refractivity contribution is -0.135. The fourth-order valence-corrected chi connectivity index (χ4v) is 5.95. The largest absolute Gasteiger partial charge is 0.397 e.